The molecule has 0 radical (unpaired) electrons. The number of hydrogen-bond donors (Lipinski definition) is 4. The minimum atomic E-state index is -0.680. The van der Waals surface area contributed by atoms with Gasteiger partial charge in [-0.15, -0.1) is 0 Å². The standard InChI is InChI=1S/C29H24ClFN6O5/c1-15-2-8-21(37(40)26(15)16-3-5-17(31)6-4-16)29(39)33-18-7-9-23(19(30)12-18)42-24-10-11-32-27-25(24)28(36-35-27)34-20-13-41-14-22(20)38/h2-12,20,22,38H,13-14H2,1H3,(H,33,39)(H2,32,34,35,36)/t20-,22-/m0/s1. The molecule has 0 aliphatic carbocycles. The Kier molecular flexibility index (Phi) is 7.33. The highest BCUT2D eigenvalue weighted by molar-refractivity contribution is 6.32. The maximum absolute atomic E-state index is 13.4. The summed E-state index contributed by atoms with van der Waals surface area (Å²) in [6.07, 6.45) is 0.871. The zero-order valence-electron chi connectivity index (χ0n) is 22.1. The summed E-state index contributed by atoms with van der Waals surface area (Å²) in [6, 6.07) is 14.5. The number of benzene rings is 2. The monoisotopic (exact) mass is 590 g/mol. The van der Waals surface area contributed by atoms with Gasteiger partial charge in [0.2, 0.25) is 5.69 Å². The highest BCUT2D eigenvalue weighted by Gasteiger charge is 2.28. The molecule has 1 fully saturated rings. The Balaban J connectivity index is 1.22. The number of fused-ring (bicyclic) bond motifs is 1. The second kappa shape index (κ2) is 11.2. The van der Waals surface area contributed by atoms with Crippen molar-refractivity contribution in [1.29, 1.82) is 0 Å². The third-order valence-electron chi connectivity index (χ3n) is 6.84. The molecule has 2 atom stereocenters. The number of aromatic amines is 1. The number of aliphatic hydroxyl groups is 1. The third kappa shape index (κ3) is 5.30. The van der Waals surface area contributed by atoms with Crippen molar-refractivity contribution in [3.8, 4) is 22.8 Å². The molecule has 1 aliphatic rings. The number of halogens is 2. The van der Waals surface area contributed by atoms with E-state index in [0.29, 0.717) is 56.5 Å². The molecule has 2 aromatic carbocycles. The predicted octanol–water partition coefficient (Wildman–Crippen LogP) is 4.58. The van der Waals surface area contributed by atoms with Crippen LogP contribution in [0.15, 0.2) is 66.9 Å². The number of nitrogens with zero attached hydrogens (tertiary/aromatic N) is 3. The highest BCUT2D eigenvalue weighted by Crippen LogP contribution is 2.37. The first-order valence-corrected chi connectivity index (χ1v) is 13.3. The lowest BCUT2D eigenvalue weighted by Crippen LogP contribution is -2.39. The zero-order chi connectivity index (χ0) is 29.4. The maximum atomic E-state index is 13.4. The van der Waals surface area contributed by atoms with Crippen LogP contribution >= 0.6 is 11.6 Å². The van der Waals surface area contributed by atoms with Gasteiger partial charge in [-0.1, -0.05) is 11.6 Å². The van der Waals surface area contributed by atoms with Gasteiger partial charge >= 0.3 is 5.91 Å². The first-order valence-electron chi connectivity index (χ1n) is 12.9. The third-order valence-corrected chi connectivity index (χ3v) is 7.14. The van der Waals surface area contributed by atoms with Crippen LogP contribution in [0.1, 0.15) is 16.1 Å². The summed E-state index contributed by atoms with van der Waals surface area (Å²) in [5, 5.41) is 37.0. The zero-order valence-corrected chi connectivity index (χ0v) is 22.9. The van der Waals surface area contributed by atoms with Crippen LogP contribution in [0.25, 0.3) is 22.3 Å². The molecule has 4 heterocycles. The Morgan fingerprint density at radius 1 is 1.17 bits per heavy atom. The molecule has 0 unspecified atom stereocenters. The van der Waals surface area contributed by atoms with Gasteiger partial charge in [-0.2, -0.15) is 9.83 Å². The number of aryl methyl sites for hydroxylation is 1. The fourth-order valence-electron chi connectivity index (χ4n) is 4.70. The van der Waals surface area contributed by atoms with E-state index < -0.39 is 17.8 Å². The number of ether oxygens (including phenoxy) is 2. The molecule has 0 spiro atoms. The Hall–Kier alpha value is -4.78. The van der Waals surface area contributed by atoms with E-state index in [1.165, 1.54) is 36.4 Å². The molecular formula is C29H24ClFN6O5. The Labute approximate surface area is 243 Å². The summed E-state index contributed by atoms with van der Waals surface area (Å²) in [4.78, 5) is 17.4. The number of pyridine rings is 2. The summed E-state index contributed by atoms with van der Waals surface area (Å²) < 4.78 is 25.3. The number of H-pyrrole nitrogens is 1. The number of nitrogens with one attached hydrogen (secondary N) is 3. The van der Waals surface area contributed by atoms with Crippen LogP contribution in [0, 0.1) is 17.9 Å². The number of rotatable bonds is 7. The molecule has 0 bridgehead atoms. The fourth-order valence-corrected chi connectivity index (χ4v) is 4.91. The van der Waals surface area contributed by atoms with Crippen LogP contribution in [-0.4, -0.2) is 51.6 Å². The van der Waals surface area contributed by atoms with Crippen LogP contribution in [0.4, 0.5) is 15.9 Å². The minimum Gasteiger partial charge on any atom is -0.618 e. The highest BCUT2D eigenvalue weighted by atomic mass is 35.5. The lowest BCUT2D eigenvalue weighted by molar-refractivity contribution is -0.596. The van der Waals surface area contributed by atoms with Crippen molar-refractivity contribution in [2.45, 2.75) is 19.1 Å². The van der Waals surface area contributed by atoms with E-state index in [4.69, 9.17) is 21.1 Å². The van der Waals surface area contributed by atoms with Crippen molar-refractivity contribution in [2.75, 3.05) is 23.8 Å². The number of aromatic nitrogens is 4. The molecule has 3 aromatic heterocycles. The van der Waals surface area contributed by atoms with E-state index in [1.54, 1.807) is 37.4 Å². The molecule has 13 heteroatoms. The number of carbonyl (C=O) groups is 1. The van der Waals surface area contributed by atoms with E-state index in [9.17, 15) is 19.5 Å². The molecule has 11 nitrogen and oxygen atoms in total. The van der Waals surface area contributed by atoms with Crippen molar-refractivity contribution < 1.29 is 28.5 Å². The molecule has 1 saturated heterocycles. The number of aliphatic hydroxyl groups excluding tert-OH is 1. The first-order chi connectivity index (χ1) is 20.3. The largest absolute Gasteiger partial charge is 0.618 e. The summed E-state index contributed by atoms with van der Waals surface area (Å²) in [5.41, 5.74) is 2.02. The van der Waals surface area contributed by atoms with Crippen LogP contribution in [-0.2, 0) is 4.74 Å². The smallest absolute Gasteiger partial charge is 0.321 e. The molecule has 1 amide bonds. The van der Waals surface area contributed by atoms with Gasteiger partial charge in [0.05, 0.1) is 30.4 Å². The summed E-state index contributed by atoms with van der Waals surface area (Å²) in [5.74, 6) is 0.0594. The number of amides is 1. The van der Waals surface area contributed by atoms with E-state index in [-0.39, 0.29) is 29.1 Å². The summed E-state index contributed by atoms with van der Waals surface area (Å²) in [7, 11) is 0. The second-order valence-electron chi connectivity index (χ2n) is 9.71. The molecule has 5 aromatic rings. The van der Waals surface area contributed by atoms with Crippen LogP contribution in [0.5, 0.6) is 11.5 Å². The van der Waals surface area contributed by atoms with Crippen molar-refractivity contribution in [3.05, 3.63) is 94.2 Å². The van der Waals surface area contributed by atoms with Gasteiger partial charge in [0.25, 0.3) is 5.69 Å². The van der Waals surface area contributed by atoms with Gasteiger partial charge < -0.3 is 30.4 Å². The van der Waals surface area contributed by atoms with E-state index in [1.807, 2.05) is 0 Å². The molecule has 214 valence electrons. The van der Waals surface area contributed by atoms with Gasteiger partial charge in [-0.05, 0) is 55.5 Å². The van der Waals surface area contributed by atoms with Gasteiger partial charge in [-0.25, -0.2) is 9.37 Å². The molecule has 1 aliphatic heterocycles. The van der Waals surface area contributed by atoms with Gasteiger partial charge in [0.1, 0.15) is 22.7 Å². The molecule has 4 N–H and O–H groups in total. The van der Waals surface area contributed by atoms with E-state index in [2.05, 4.69) is 25.8 Å². The van der Waals surface area contributed by atoms with Crippen molar-refractivity contribution in [1.82, 2.24) is 15.2 Å². The van der Waals surface area contributed by atoms with Crippen molar-refractivity contribution in [2.24, 2.45) is 0 Å². The quantitative estimate of drug-likeness (QED) is 0.159. The van der Waals surface area contributed by atoms with Gasteiger partial charge in [0.15, 0.2) is 11.5 Å². The average molecular weight is 591 g/mol. The fraction of sp³-hybridized carbons (Fsp3) is 0.172. The summed E-state index contributed by atoms with van der Waals surface area (Å²) >= 11 is 6.52. The van der Waals surface area contributed by atoms with Crippen LogP contribution < -0.4 is 20.1 Å². The second-order valence-corrected chi connectivity index (χ2v) is 10.1. The van der Waals surface area contributed by atoms with Crippen LogP contribution in [0.3, 0.4) is 0 Å². The SMILES string of the molecule is Cc1ccc(C(=O)Nc2ccc(Oc3ccnc4[nH]nc(N[C@H]5COC[C@@H]5O)c34)c(Cl)c2)[n+]([O-])c1-c1ccc(F)cc1. The molecule has 42 heavy (non-hydrogen) atoms. The summed E-state index contributed by atoms with van der Waals surface area (Å²) in [6.45, 7) is 2.29. The van der Waals surface area contributed by atoms with Gasteiger partial charge in [-0.3, -0.25) is 9.89 Å². The average Bonchev–Trinajstić information content (AvgIpc) is 3.57. The lowest BCUT2D eigenvalue weighted by atomic mass is 10.1. The maximum Gasteiger partial charge on any atom is 0.321 e. The molecule has 0 saturated carbocycles. The lowest BCUT2D eigenvalue weighted by Gasteiger charge is -2.15. The van der Waals surface area contributed by atoms with E-state index in [0.717, 1.165) is 0 Å². The Morgan fingerprint density at radius 3 is 2.71 bits per heavy atom. The number of carbonyl (C=O) groups excluding carboxylic acids is 1. The first kappa shape index (κ1) is 27.4. The molecule has 6 rings (SSSR count). The normalized spacial score (nSPS) is 16.5. The van der Waals surface area contributed by atoms with E-state index >= 15 is 0 Å². The Morgan fingerprint density at radius 2 is 1.98 bits per heavy atom. The topological polar surface area (TPSA) is 148 Å². The van der Waals surface area contributed by atoms with Gasteiger partial charge in [0, 0.05) is 35.1 Å². The predicted molar refractivity (Wildman–Crippen MR) is 153 cm³/mol. The van der Waals surface area contributed by atoms with Crippen molar-refractivity contribution in [3.63, 3.8) is 0 Å². The van der Waals surface area contributed by atoms with Crippen molar-refractivity contribution >= 4 is 40.0 Å². The Bertz CT molecular complexity index is 1800. The number of anilines is 2. The number of hydrogen-bond acceptors (Lipinski definition) is 8. The minimum absolute atomic E-state index is 0.145. The molecular weight excluding hydrogens is 567 g/mol. The van der Waals surface area contributed by atoms with Crippen LogP contribution in [0.2, 0.25) is 5.02 Å².